The molecule has 6 heteroatoms. The highest BCUT2D eigenvalue weighted by Crippen LogP contribution is 2.26. The van der Waals surface area contributed by atoms with Crippen molar-refractivity contribution < 1.29 is 17.6 Å². The predicted octanol–water partition coefficient (Wildman–Crippen LogP) is 2.86. The van der Waals surface area contributed by atoms with Crippen LogP contribution >= 0.6 is 15.9 Å². The second-order valence-corrected chi connectivity index (χ2v) is 3.86. The molecule has 1 aromatic rings. The van der Waals surface area contributed by atoms with Crippen molar-refractivity contribution >= 4 is 15.9 Å². The molecule has 0 fully saturated rings. The summed E-state index contributed by atoms with van der Waals surface area (Å²) in [5.41, 5.74) is 4.55. The minimum absolute atomic E-state index is 0.265. The summed E-state index contributed by atoms with van der Waals surface area (Å²) in [4.78, 5) is 0. The second-order valence-electron chi connectivity index (χ2n) is 3.07. The van der Waals surface area contributed by atoms with Crippen LogP contribution in [-0.4, -0.2) is 12.5 Å². The summed E-state index contributed by atoms with van der Waals surface area (Å²) < 4.78 is 51.3. The van der Waals surface area contributed by atoms with Crippen LogP contribution in [0.5, 0.6) is 0 Å². The van der Waals surface area contributed by atoms with Crippen molar-refractivity contribution in [2.45, 2.75) is 12.3 Å². The molecule has 0 aliphatic carbocycles. The zero-order valence-corrected chi connectivity index (χ0v) is 9.12. The van der Waals surface area contributed by atoms with Crippen LogP contribution in [0.4, 0.5) is 17.6 Å². The fraction of sp³-hybridized carbons (Fsp3) is 0.333. The lowest BCUT2D eigenvalue weighted by Crippen LogP contribution is -2.30. The molecule has 0 heterocycles. The van der Waals surface area contributed by atoms with E-state index in [2.05, 4.69) is 15.9 Å². The van der Waals surface area contributed by atoms with Gasteiger partial charge in [0.05, 0.1) is 11.0 Å². The highest BCUT2D eigenvalue weighted by molar-refractivity contribution is 9.10. The third kappa shape index (κ3) is 2.92. The van der Waals surface area contributed by atoms with Crippen LogP contribution in [0.15, 0.2) is 16.6 Å². The highest BCUT2D eigenvalue weighted by Gasteiger charge is 2.29. The van der Waals surface area contributed by atoms with E-state index in [-0.39, 0.29) is 5.56 Å². The van der Waals surface area contributed by atoms with E-state index in [1.54, 1.807) is 0 Å². The van der Waals surface area contributed by atoms with Gasteiger partial charge in [0.25, 0.3) is 5.92 Å². The van der Waals surface area contributed by atoms with Crippen molar-refractivity contribution in [3.8, 4) is 0 Å². The van der Waals surface area contributed by atoms with Crippen molar-refractivity contribution in [1.82, 2.24) is 0 Å². The van der Waals surface area contributed by atoms with Crippen LogP contribution in [0.25, 0.3) is 0 Å². The Kier molecular flexibility index (Phi) is 3.72. The molecule has 0 unspecified atom stereocenters. The molecule has 0 radical (unpaired) electrons. The van der Waals surface area contributed by atoms with Crippen molar-refractivity contribution in [3.05, 3.63) is 33.8 Å². The molecule has 0 spiro atoms. The zero-order chi connectivity index (χ0) is 11.6. The molecule has 1 aromatic carbocycles. The Labute approximate surface area is 92.4 Å². The van der Waals surface area contributed by atoms with E-state index in [4.69, 9.17) is 5.73 Å². The molecule has 0 aliphatic rings. The Bertz CT molecular complexity index is 367. The Morgan fingerprint density at radius 1 is 1.27 bits per heavy atom. The molecule has 0 saturated carbocycles. The van der Waals surface area contributed by atoms with Crippen LogP contribution in [0.1, 0.15) is 5.56 Å². The number of hydrogen-bond acceptors (Lipinski definition) is 1. The Morgan fingerprint density at radius 3 is 2.40 bits per heavy atom. The fourth-order valence-corrected chi connectivity index (χ4v) is 1.44. The van der Waals surface area contributed by atoms with Crippen molar-refractivity contribution in [3.63, 3.8) is 0 Å². The lowest BCUT2D eigenvalue weighted by Gasteiger charge is -2.14. The normalized spacial score (nSPS) is 11.9. The molecule has 1 rings (SSSR count). The number of hydrogen-bond donors (Lipinski definition) is 1. The summed E-state index contributed by atoms with van der Waals surface area (Å²) in [6.07, 6.45) is -0.839. The summed E-state index contributed by atoms with van der Waals surface area (Å²) in [6, 6.07) is 1.91. The van der Waals surface area contributed by atoms with E-state index >= 15 is 0 Å². The van der Waals surface area contributed by atoms with Gasteiger partial charge in [-0.15, -0.1) is 0 Å². The SMILES string of the molecule is NCC(F)(F)Cc1ccc(F)c(Br)c1F. The monoisotopic (exact) mass is 285 g/mol. The van der Waals surface area contributed by atoms with E-state index in [1.165, 1.54) is 0 Å². The molecular weight excluding hydrogens is 278 g/mol. The lowest BCUT2D eigenvalue weighted by molar-refractivity contribution is 0.0106. The molecular formula is C9H8BrF4N. The van der Waals surface area contributed by atoms with Gasteiger partial charge in [-0.25, -0.2) is 17.6 Å². The minimum atomic E-state index is -3.18. The molecule has 2 N–H and O–H groups in total. The molecule has 0 bridgehead atoms. The first-order valence-electron chi connectivity index (χ1n) is 4.07. The first-order chi connectivity index (χ1) is 6.87. The van der Waals surface area contributed by atoms with Crippen LogP contribution < -0.4 is 5.73 Å². The zero-order valence-electron chi connectivity index (χ0n) is 7.54. The summed E-state index contributed by atoms with van der Waals surface area (Å²) in [5.74, 6) is -5.02. The van der Waals surface area contributed by atoms with Gasteiger partial charge in [0.2, 0.25) is 0 Å². The Morgan fingerprint density at radius 2 is 1.87 bits per heavy atom. The Balaban J connectivity index is 3.02. The first kappa shape index (κ1) is 12.4. The van der Waals surface area contributed by atoms with Crippen LogP contribution in [-0.2, 0) is 6.42 Å². The fourth-order valence-electron chi connectivity index (χ4n) is 1.05. The maximum Gasteiger partial charge on any atom is 0.264 e. The summed E-state index contributed by atoms with van der Waals surface area (Å²) >= 11 is 2.63. The first-order valence-corrected chi connectivity index (χ1v) is 4.87. The van der Waals surface area contributed by atoms with Gasteiger partial charge in [0, 0.05) is 6.42 Å². The van der Waals surface area contributed by atoms with Gasteiger partial charge in [-0.2, -0.15) is 0 Å². The highest BCUT2D eigenvalue weighted by atomic mass is 79.9. The van der Waals surface area contributed by atoms with E-state index < -0.39 is 35.0 Å². The van der Waals surface area contributed by atoms with Crippen molar-refractivity contribution in [2.24, 2.45) is 5.73 Å². The molecule has 0 saturated heterocycles. The van der Waals surface area contributed by atoms with Gasteiger partial charge in [0.1, 0.15) is 11.6 Å². The molecule has 84 valence electrons. The number of nitrogens with two attached hydrogens (primary N) is 1. The number of alkyl halides is 2. The number of rotatable bonds is 3. The van der Waals surface area contributed by atoms with Crippen molar-refractivity contribution in [2.75, 3.05) is 6.54 Å². The average Bonchev–Trinajstić information content (AvgIpc) is 2.19. The molecule has 0 aliphatic heterocycles. The van der Waals surface area contributed by atoms with Gasteiger partial charge in [-0.3, -0.25) is 0 Å². The smallest absolute Gasteiger partial charge is 0.264 e. The Hall–Kier alpha value is -0.620. The minimum Gasteiger partial charge on any atom is -0.325 e. The van der Waals surface area contributed by atoms with E-state index in [0.717, 1.165) is 12.1 Å². The van der Waals surface area contributed by atoms with Gasteiger partial charge in [-0.05, 0) is 27.6 Å². The summed E-state index contributed by atoms with van der Waals surface area (Å²) in [7, 11) is 0. The molecule has 0 aromatic heterocycles. The van der Waals surface area contributed by atoms with Gasteiger partial charge in [-0.1, -0.05) is 6.07 Å². The van der Waals surface area contributed by atoms with Crippen molar-refractivity contribution in [1.29, 1.82) is 0 Å². The van der Waals surface area contributed by atoms with E-state index in [0.29, 0.717) is 0 Å². The van der Waals surface area contributed by atoms with Gasteiger partial charge >= 0.3 is 0 Å². The quantitative estimate of drug-likeness (QED) is 0.671. The average molecular weight is 286 g/mol. The number of halogens is 5. The lowest BCUT2D eigenvalue weighted by atomic mass is 10.1. The van der Waals surface area contributed by atoms with E-state index in [9.17, 15) is 17.6 Å². The largest absolute Gasteiger partial charge is 0.325 e. The summed E-state index contributed by atoms with van der Waals surface area (Å²) in [6.45, 7) is -0.874. The number of benzene rings is 1. The van der Waals surface area contributed by atoms with Gasteiger partial charge in [0.15, 0.2) is 0 Å². The third-order valence-electron chi connectivity index (χ3n) is 1.86. The maximum absolute atomic E-state index is 13.3. The maximum atomic E-state index is 13.3. The molecule has 1 nitrogen and oxygen atoms in total. The van der Waals surface area contributed by atoms with Crippen LogP contribution in [0.3, 0.4) is 0 Å². The van der Waals surface area contributed by atoms with E-state index in [1.807, 2.05) is 0 Å². The predicted molar refractivity (Wildman–Crippen MR) is 51.8 cm³/mol. The standard InChI is InChI=1S/C9H8BrF4N/c10-7-6(11)2-1-5(8(7)12)3-9(13,14)4-15/h1-2H,3-4,15H2. The molecule has 0 amide bonds. The molecule has 15 heavy (non-hydrogen) atoms. The third-order valence-corrected chi connectivity index (χ3v) is 2.59. The second kappa shape index (κ2) is 4.49. The van der Waals surface area contributed by atoms with Gasteiger partial charge < -0.3 is 5.73 Å². The molecule has 0 atom stereocenters. The van der Waals surface area contributed by atoms with Crippen LogP contribution in [0, 0.1) is 11.6 Å². The summed E-state index contributed by atoms with van der Waals surface area (Å²) in [5, 5.41) is 0. The topological polar surface area (TPSA) is 26.0 Å². The van der Waals surface area contributed by atoms with Crippen LogP contribution in [0.2, 0.25) is 0 Å².